The third kappa shape index (κ3) is 8.87. The Morgan fingerprint density at radius 1 is 1.14 bits per heavy atom. The maximum absolute atomic E-state index is 12.3. The number of esters is 1. The van der Waals surface area contributed by atoms with Crippen LogP contribution in [0.4, 0.5) is 13.2 Å². The second-order valence-electron chi connectivity index (χ2n) is 11.4. The molecule has 5 atom stereocenters. The van der Waals surface area contributed by atoms with Gasteiger partial charge in [0.05, 0.1) is 26.7 Å². The predicted molar refractivity (Wildman–Crippen MR) is 159 cm³/mol. The number of carbonyl (C=O) groups excluding carboxylic acids is 1. The number of hydrogen-bond acceptors (Lipinski definition) is 7. The molecule has 0 spiro atoms. The Kier molecular flexibility index (Phi) is 12.3. The van der Waals surface area contributed by atoms with Crippen molar-refractivity contribution in [3.05, 3.63) is 23.8 Å². The Bertz CT molecular complexity index is 1120. The van der Waals surface area contributed by atoms with E-state index < -0.39 is 12.1 Å². The Morgan fingerprint density at radius 3 is 2.44 bits per heavy atom. The summed E-state index contributed by atoms with van der Waals surface area (Å²) in [6, 6.07) is 7.16. The summed E-state index contributed by atoms with van der Waals surface area (Å²) in [4.78, 5) is 23.8. The number of nitrogens with one attached hydrogen (secondary N) is 2. The lowest BCUT2D eigenvalue weighted by Crippen LogP contribution is -2.54. The van der Waals surface area contributed by atoms with E-state index in [1.807, 2.05) is 13.0 Å². The number of rotatable bonds is 11. The Hall–Kier alpha value is -2.80. The van der Waals surface area contributed by atoms with Crippen LogP contribution >= 0.6 is 12.2 Å². The smallest absolute Gasteiger partial charge is 0.490 e. The highest BCUT2D eigenvalue weighted by molar-refractivity contribution is 7.80. The molecule has 1 aromatic carbocycles. The van der Waals surface area contributed by atoms with Crippen molar-refractivity contribution in [2.45, 2.75) is 82.5 Å². The summed E-state index contributed by atoms with van der Waals surface area (Å²) >= 11 is 5.61. The number of halogens is 3. The zero-order valence-electron chi connectivity index (χ0n) is 25.3. The second-order valence-corrected chi connectivity index (χ2v) is 11.8. The summed E-state index contributed by atoms with van der Waals surface area (Å²) in [6.07, 6.45) is 2.43. The van der Waals surface area contributed by atoms with E-state index in [0.29, 0.717) is 24.6 Å². The van der Waals surface area contributed by atoms with Crippen molar-refractivity contribution in [1.29, 1.82) is 0 Å². The molecule has 1 aliphatic heterocycles. The molecule has 2 unspecified atom stereocenters. The molecule has 2 aliphatic carbocycles. The number of thiocarbonyl (C=S) groups is 1. The first kappa shape index (κ1) is 34.7. The third-order valence-corrected chi connectivity index (χ3v) is 8.97. The van der Waals surface area contributed by atoms with Gasteiger partial charge in [0.15, 0.2) is 16.6 Å². The first-order chi connectivity index (χ1) is 20.4. The van der Waals surface area contributed by atoms with E-state index in [1.54, 1.807) is 14.2 Å². The normalized spacial score (nSPS) is 26.3. The molecule has 43 heavy (non-hydrogen) atoms. The zero-order valence-corrected chi connectivity index (χ0v) is 26.1. The molecule has 242 valence electrons. The van der Waals surface area contributed by atoms with Gasteiger partial charge in [-0.2, -0.15) is 13.2 Å². The molecule has 0 amide bonds. The average Bonchev–Trinajstić information content (AvgIpc) is 3.65. The van der Waals surface area contributed by atoms with Gasteiger partial charge >= 0.3 is 18.1 Å². The molecule has 1 heterocycles. The van der Waals surface area contributed by atoms with E-state index in [1.165, 1.54) is 5.56 Å². The first-order valence-electron chi connectivity index (χ1n) is 14.9. The number of carbonyl (C=O) groups is 2. The molecule has 3 N–H and O–H groups in total. The molecule has 0 bridgehead atoms. The van der Waals surface area contributed by atoms with Crippen molar-refractivity contribution >= 4 is 29.3 Å². The number of nitrogens with zero attached hydrogens (tertiary/aromatic N) is 1. The number of unbranched alkanes of at least 4 members (excludes halogenated alkanes) is 1. The number of aliphatic carboxylic acids is 1. The minimum atomic E-state index is -5.08. The fraction of sp³-hybridized carbons (Fsp3) is 0.700. The van der Waals surface area contributed by atoms with Crippen molar-refractivity contribution in [2.75, 3.05) is 40.5 Å². The number of ether oxygens (including phenoxy) is 3. The summed E-state index contributed by atoms with van der Waals surface area (Å²) in [6.45, 7) is 7.43. The lowest BCUT2D eigenvalue weighted by atomic mass is 9.65. The van der Waals surface area contributed by atoms with Gasteiger partial charge in [0.1, 0.15) is 0 Å². The van der Waals surface area contributed by atoms with Gasteiger partial charge in [-0.05, 0) is 87.8 Å². The number of carboxylic acid groups (broad SMARTS) is 1. The highest BCUT2D eigenvalue weighted by atomic mass is 32.1. The van der Waals surface area contributed by atoms with E-state index in [4.69, 9.17) is 36.3 Å². The number of benzene rings is 1. The number of carboxylic acids is 1. The van der Waals surface area contributed by atoms with Crippen molar-refractivity contribution < 1.29 is 42.1 Å². The molecular weight excluding hydrogens is 587 g/mol. The monoisotopic (exact) mass is 631 g/mol. The number of methoxy groups -OCH3 is 2. The molecule has 3 aliphatic rings. The number of hydrogen-bond donors (Lipinski definition) is 3. The maximum Gasteiger partial charge on any atom is 0.490 e. The van der Waals surface area contributed by atoms with Crippen molar-refractivity contribution in [1.82, 2.24) is 15.5 Å². The molecule has 2 saturated carbocycles. The zero-order chi connectivity index (χ0) is 31.8. The largest absolute Gasteiger partial charge is 0.493 e. The van der Waals surface area contributed by atoms with Gasteiger partial charge in [0.25, 0.3) is 0 Å². The number of likely N-dealkylation sites (tertiary alicyclic amines) is 1. The fourth-order valence-corrected chi connectivity index (χ4v) is 6.65. The van der Waals surface area contributed by atoms with Gasteiger partial charge in [-0.25, -0.2) is 4.79 Å². The highest BCUT2D eigenvalue weighted by Crippen LogP contribution is 2.52. The number of alkyl halides is 3. The van der Waals surface area contributed by atoms with Gasteiger partial charge in [0.2, 0.25) is 0 Å². The molecule has 4 rings (SSSR count). The summed E-state index contributed by atoms with van der Waals surface area (Å²) in [5.41, 5.74) is 1.39. The third-order valence-electron chi connectivity index (χ3n) is 8.70. The maximum atomic E-state index is 12.3. The summed E-state index contributed by atoms with van der Waals surface area (Å²) in [5, 5.41) is 14.9. The predicted octanol–water partition coefficient (Wildman–Crippen LogP) is 4.67. The van der Waals surface area contributed by atoms with Crippen LogP contribution in [0.2, 0.25) is 0 Å². The molecule has 0 radical (unpaired) electrons. The van der Waals surface area contributed by atoms with Gasteiger partial charge in [0, 0.05) is 30.6 Å². The van der Waals surface area contributed by atoms with Crippen LogP contribution in [0, 0.1) is 11.8 Å². The molecule has 13 heteroatoms. The fourth-order valence-electron chi connectivity index (χ4n) is 6.38. The van der Waals surface area contributed by atoms with Gasteiger partial charge < -0.3 is 30.0 Å². The van der Waals surface area contributed by atoms with Crippen molar-refractivity contribution in [3.63, 3.8) is 0 Å². The summed E-state index contributed by atoms with van der Waals surface area (Å²) in [5.74, 6) is -0.776. The standard InChI is InChI=1S/C28H43N3O4S.C2HF3O2/c1-5-7-13-29-27(36)30-21-10-11-28(20-8-9-23(33-3)24(16-20)34-4)12-14-31(25(28)17-21)18-19-15-22(19)26(32)35-6-2;3-2(4,5)1(6)7/h8-9,16,19,21-22,25H,5-7,10-15,17-18H2,1-4H3,(H2,29,30,36);(H,6,7)/t19?,21-,22?,25+,28+;/m1./s1. The van der Waals surface area contributed by atoms with Crippen molar-refractivity contribution in [2.24, 2.45) is 11.8 Å². The minimum absolute atomic E-state index is 0.0282. The van der Waals surface area contributed by atoms with E-state index in [-0.39, 0.29) is 17.3 Å². The van der Waals surface area contributed by atoms with E-state index in [0.717, 1.165) is 81.2 Å². The number of fused-ring (bicyclic) bond motifs is 1. The lowest BCUT2D eigenvalue weighted by Gasteiger charge is -2.46. The van der Waals surface area contributed by atoms with Crippen molar-refractivity contribution in [3.8, 4) is 11.5 Å². The first-order valence-corrected chi connectivity index (χ1v) is 15.3. The molecule has 3 fully saturated rings. The van der Waals surface area contributed by atoms with Crippen LogP contribution in [0.1, 0.15) is 64.4 Å². The molecular formula is C30H44F3N3O6S. The summed E-state index contributed by atoms with van der Waals surface area (Å²) < 4.78 is 48.2. The second kappa shape index (κ2) is 15.3. The topological polar surface area (TPSA) is 109 Å². The lowest BCUT2D eigenvalue weighted by molar-refractivity contribution is -0.192. The van der Waals surface area contributed by atoms with E-state index in [9.17, 15) is 18.0 Å². The van der Waals surface area contributed by atoms with Crippen LogP contribution in [0.3, 0.4) is 0 Å². The van der Waals surface area contributed by atoms with Crippen LogP contribution < -0.4 is 20.1 Å². The summed E-state index contributed by atoms with van der Waals surface area (Å²) in [7, 11) is 3.38. The Labute approximate surface area is 256 Å². The van der Waals surface area contributed by atoms with Crippen LogP contribution in [-0.2, 0) is 19.7 Å². The molecule has 1 aromatic rings. The van der Waals surface area contributed by atoms with Crippen LogP contribution in [0.15, 0.2) is 18.2 Å². The van der Waals surface area contributed by atoms with Crippen LogP contribution in [0.25, 0.3) is 0 Å². The van der Waals surface area contributed by atoms with Crippen LogP contribution in [-0.4, -0.2) is 85.8 Å². The van der Waals surface area contributed by atoms with Gasteiger partial charge in [-0.3, -0.25) is 9.69 Å². The van der Waals surface area contributed by atoms with E-state index >= 15 is 0 Å². The molecule has 1 saturated heterocycles. The van der Waals surface area contributed by atoms with Gasteiger partial charge in [-0.15, -0.1) is 0 Å². The molecule has 9 nitrogen and oxygen atoms in total. The van der Waals surface area contributed by atoms with Crippen LogP contribution in [0.5, 0.6) is 11.5 Å². The Balaban J connectivity index is 0.000000646. The highest BCUT2D eigenvalue weighted by Gasteiger charge is 2.54. The quantitative estimate of drug-likeness (QED) is 0.181. The van der Waals surface area contributed by atoms with Gasteiger partial charge in [-0.1, -0.05) is 19.4 Å². The van der Waals surface area contributed by atoms with E-state index in [2.05, 4.69) is 34.6 Å². The molecule has 0 aromatic heterocycles. The average molecular weight is 632 g/mol. The Morgan fingerprint density at radius 2 is 1.84 bits per heavy atom. The SMILES string of the molecule is CCCCNC(=S)N[C@@H]1CC[C@@]2(c3ccc(OC)c(OC)c3)CCN(CC3CC3C(=O)OCC)[C@H]2C1.O=C(O)C(F)(F)F. The minimum Gasteiger partial charge on any atom is -0.493 e.